The Morgan fingerprint density at radius 3 is 2.65 bits per heavy atom. The largest absolute Gasteiger partial charge is 0.495 e. The molecular formula is C13H11ClFNO. The van der Waals surface area contributed by atoms with Crippen LogP contribution >= 0.6 is 11.6 Å². The van der Waals surface area contributed by atoms with Gasteiger partial charge >= 0.3 is 0 Å². The first kappa shape index (κ1) is 11.7. The minimum atomic E-state index is -0.311. The first-order valence-electron chi connectivity index (χ1n) is 5.01. The zero-order chi connectivity index (χ0) is 12.4. The number of methoxy groups -OCH3 is 1. The van der Waals surface area contributed by atoms with Gasteiger partial charge in [-0.15, -0.1) is 0 Å². The SMILES string of the molecule is COc1cc(-c2cccc(F)c2)c(Cl)cc1N. The van der Waals surface area contributed by atoms with Gasteiger partial charge in [-0.25, -0.2) is 4.39 Å². The van der Waals surface area contributed by atoms with Crippen molar-refractivity contribution in [2.24, 2.45) is 0 Å². The average Bonchev–Trinajstić information content (AvgIpc) is 2.29. The maximum atomic E-state index is 13.1. The van der Waals surface area contributed by atoms with Gasteiger partial charge in [0, 0.05) is 5.56 Å². The number of nitrogen functional groups attached to an aromatic ring is 1. The first-order chi connectivity index (χ1) is 8.11. The average molecular weight is 252 g/mol. The number of anilines is 1. The van der Waals surface area contributed by atoms with Crippen molar-refractivity contribution in [3.63, 3.8) is 0 Å². The summed E-state index contributed by atoms with van der Waals surface area (Å²) in [6.45, 7) is 0. The van der Waals surface area contributed by atoms with Gasteiger partial charge in [0.15, 0.2) is 0 Å². The molecule has 0 spiro atoms. The molecule has 88 valence electrons. The second kappa shape index (κ2) is 4.63. The van der Waals surface area contributed by atoms with Crippen LogP contribution in [0.4, 0.5) is 10.1 Å². The number of hydrogen-bond acceptors (Lipinski definition) is 2. The molecule has 2 aromatic rings. The summed E-state index contributed by atoms with van der Waals surface area (Å²) in [4.78, 5) is 0. The predicted molar refractivity (Wildman–Crippen MR) is 67.8 cm³/mol. The van der Waals surface area contributed by atoms with E-state index < -0.39 is 0 Å². The topological polar surface area (TPSA) is 35.2 Å². The van der Waals surface area contributed by atoms with Gasteiger partial charge in [-0.3, -0.25) is 0 Å². The van der Waals surface area contributed by atoms with Gasteiger partial charge in [-0.2, -0.15) is 0 Å². The summed E-state index contributed by atoms with van der Waals surface area (Å²) in [5.41, 5.74) is 7.56. The Hall–Kier alpha value is -1.74. The molecule has 2 aromatic carbocycles. The molecule has 0 saturated heterocycles. The van der Waals surface area contributed by atoms with Crippen LogP contribution in [0.15, 0.2) is 36.4 Å². The molecule has 0 aliphatic heterocycles. The molecule has 0 aliphatic carbocycles. The Morgan fingerprint density at radius 2 is 2.00 bits per heavy atom. The lowest BCUT2D eigenvalue weighted by Gasteiger charge is -2.10. The second-order valence-corrected chi connectivity index (χ2v) is 3.99. The molecule has 0 bridgehead atoms. The summed E-state index contributed by atoms with van der Waals surface area (Å²) in [5, 5.41) is 0.467. The molecule has 0 fully saturated rings. The van der Waals surface area contributed by atoms with Crippen molar-refractivity contribution in [1.82, 2.24) is 0 Å². The van der Waals surface area contributed by atoms with Crippen LogP contribution < -0.4 is 10.5 Å². The minimum Gasteiger partial charge on any atom is -0.495 e. The van der Waals surface area contributed by atoms with E-state index >= 15 is 0 Å². The summed E-state index contributed by atoms with van der Waals surface area (Å²) in [5.74, 6) is 0.211. The van der Waals surface area contributed by atoms with Crippen LogP contribution in [0.3, 0.4) is 0 Å². The van der Waals surface area contributed by atoms with E-state index in [2.05, 4.69) is 0 Å². The summed E-state index contributed by atoms with van der Waals surface area (Å²) in [7, 11) is 1.52. The van der Waals surface area contributed by atoms with Crippen LogP contribution in [0, 0.1) is 5.82 Å². The Labute approximate surface area is 104 Å². The highest BCUT2D eigenvalue weighted by Gasteiger charge is 2.09. The van der Waals surface area contributed by atoms with Crippen molar-refractivity contribution in [1.29, 1.82) is 0 Å². The third kappa shape index (κ3) is 2.34. The number of ether oxygens (including phenoxy) is 1. The third-order valence-corrected chi connectivity index (χ3v) is 2.77. The van der Waals surface area contributed by atoms with Crippen molar-refractivity contribution >= 4 is 17.3 Å². The van der Waals surface area contributed by atoms with Crippen LogP contribution in [0.1, 0.15) is 0 Å². The maximum absolute atomic E-state index is 13.1. The fourth-order valence-corrected chi connectivity index (χ4v) is 1.90. The number of halogens is 2. The Bertz CT molecular complexity index is 557. The summed E-state index contributed by atoms with van der Waals surface area (Å²) in [6, 6.07) is 9.50. The van der Waals surface area contributed by atoms with Crippen molar-refractivity contribution in [3.05, 3.63) is 47.2 Å². The van der Waals surface area contributed by atoms with Gasteiger partial charge < -0.3 is 10.5 Å². The monoisotopic (exact) mass is 251 g/mol. The molecular weight excluding hydrogens is 241 g/mol. The molecule has 0 heterocycles. The fraction of sp³-hybridized carbons (Fsp3) is 0.0769. The van der Waals surface area contributed by atoms with E-state index in [4.69, 9.17) is 22.1 Å². The molecule has 2 N–H and O–H groups in total. The van der Waals surface area contributed by atoms with Gasteiger partial charge in [-0.05, 0) is 29.8 Å². The number of benzene rings is 2. The highest BCUT2D eigenvalue weighted by Crippen LogP contribution is 2.35. The van der Waals surface area contributed by atoms with Gasteiger partial charge in [0.25, 0.3) is 0 Å². The molecule has 0 saturated carbocycles. The van der Waals surface area contributed by atoms with Crippen LogP contribution in [0.2, 0.25) is 5.02 Å². The van der Waals surface area contributed by atoms with E-state index in [0.29, 0.717) is 27.6 Å². The number of rotatable bonds is 2. The Morgan fingerprint density at radius 1 is 1.24 bits per heavy atom. The lowest BCUT2D eigenvalue weighted by molar-refractivity contribution is 0.417. The molecule has 0 radical (unpaired) electrons. The highest BCUT2D eigenvalue weighted by atomic mass is 35.5. The fourth-order valence-electron chi connectivity index (χ4n) is 1.62. The Balaban J connectivity index is 2.59. The summed E-state index contributed by atoms with van der Waals surface area (Å²) >= 11 is 6.09. The Kier molecular flexibility index (Phi) is 3.20. The van der Waals surface area contributed by atoms with E-state index in [1.165, 1.54) is 19.2 Å². The van der Waals surface area contributed by atoms with Crippen LogP contribution in [-0.2, 0) is 0 Å². The molecule has 0 amide bonds. The van der Waals surface area contributed by atoms with Gasteiger partial charge in [-0.1, -0.05) is 23.7 Å². The van der Waals surface area contributed by atoms with Gasteiger partial charge in [0.2, 0.25) is 0 Å². The number of hydrogen-bond donors (Lipinski definition) is 1. The molecule has 4 heteroatoms. The first-order valence-corrected chi connectivity index (χ1v) is 5.38. The highest BCUT2D eigenvalue weighted by molar-refractivity contribution is 6.33. The lowest BCUT2D eigenvalue weighted by atomic mass is 10.0. The predicted octanol–water partition coefficient (Wildman–Crippen LogP) is 3.74. The van der Waals surface area contributed by atoms with E-state index in [0.717, 1.165) is 0 Å². The van der Waals surface area contributed by atoms with Crippen molar-refractivity contribution < 1.29 is 9.13 Å². The standard InChI is InChI=1S/C13H11ClFNO/c1-17-13-6-10(11(14)7-12(13)16)8-3-2-4-9(15)5-8/h2-7H,16H2,1H3. The zero-order valence-electron chi connectivity index (χ0n) is 9.21. The normalized spacial score (nSPS) is 10.3. The molecule has 0 aliphatic rings. The van der Waals surface area contributed by atoms with E-state index in [9.17, 15) is 4.39 Å². The van der Waals surface area contributed by atoms with E-state index in [1.54, 1.807) is 24.3 Å². The van der Waals surface area contributed by atoms with Crippen molar-refractivity contribution in [2.75, 3.05) is 12.8 Å². The smallest absolute Gasteiger partial charge is 0.142 e. The van der Waals surface area contributed by atoms with E-state index in [-0.39, 0.29) is 5.82 Å². The molecule has 2 rings (SSSR count). The van der Waals surface area contributed by atoms with Crippen LogP contribution in [-0.4, -0.2) is 7.11 Å². The van der Waals surface area contributed by atoms with Crippen molar-refractivity contribution in [2.45, 2.75) is 0 Å². The van der Waals surface area contributed by atoms with Crippen LogP contribution in [0.25, 0.3) is 11.1 Å². The van der Waals surface area contributed by atoms with E-state index in [1.807, 2.05) is 0 Å². The molecule has 0 unspecified atom stereocenters. The zero-order valence-corrected chi connectivity index (χ0v) is 9.96. The van der Waals surface area contributed by atoms with Gasteiger partial charge in [0.05, 0.1) is 17.8 Å². The summed E-state index contributed by atoms with van der Waals surface area (Å²) < 4.78 is 18.3. The third-order valence-electron chi connectivity index (χ3n) is 2.46. The molecule has 0 aromatic heterocycles. The van der Waals surface area contributed by atoms with Gasteiger partial charge in [0.1, 0.15) is 11.6 Å². The molecule has 0 atom stereocenters. The summed E-state index contributed by atoms with van der Waals surface area (Å²) in [6.07, 6.45) is 0. The quantitative estimate of drug-likeness (QED) is 0.826. The van der Waals surface area contributed by atoms with Crippen LogP contribution in [0.5, 0.6) is 5.75 Å². The lowest BCUT2D eigenvalue weighted by Crippen LogP contribution is -1.93. The maximum Gasteiger partial charge on any atom is 0.142 e. The number of nitrogens with two attached hydrogens (primary N) is 1. The molecule has 2 nitrogen and oxygen atoms in total. The second-order valence-electron chi connectivity index (χ2n) is 3.58. The molecule has 17 heavy (non-hydrogen) atoms. The van der Waals surface area contributed by atoms with Crippen molar-refractivity contribution in [3.8, 4) is 16.9 Å². The minimum absolute atomic E-state index is 0.311.